The topological polar surface area (TPSA) is 49.4 Å². The number of carbonyl (C=O) groups excluding carboxylic acids is 2. The van der Waals surface area contributed by atoms with E-state index < -0.39 is 5.92 Å². The van der Waals surface area contributed by atoms with E-state index >= 15 is 0 Å². The van der Waals surface area contributed by atoms with Gasteiger partial charge in [-0.15, -0.1) is 0 Å². The second-order valence-corrected chi connectivity index (χ2v) is 6.78. The van der Waals surface area contributed by atoms with Gasteiger partial charge >= 0.3 is 0 Å². The van der Waals surface area contributed by atoms with Crippen molar-refractivity contribution in [3.05, 3.63) is 57.5 Å². The third-order valence-electron chi connectivity index (χ3n) is 3.77. The highest BCUT2D eigenvalue weighted by Gasteiger charge is 2.35. The SMILES string of the molecule is O=C(Nc1cc(Cl)cc(Cl)c1)[C@@H]1CC(=O)N(c2ccccc2Cl)C1. The summed E-state index contributed by atoms with van der Waals surface area (Å²) in [6.07, 6.45) is 0.130. The lowest BCUT2D eigenvalue weighted by molar-refractivity contribution is -0.122. The van der Waals surface area contributed by atoms with Crippen LogP contribution >= 0.6 is 34.8 Å². The number of para-hydroxylation sites is 1. The van der Waals surface area contributed by atoms with Gasteiger partial charge in [-0.2, -0.15) is 0 Å². The van der Waals surface area contributed by atoms with Crippen molar-refractivity contribution in [1.82, 2.24) is 0 Å². The molecule has 1 N–H and O–H groups in total. The third kappa shape index (κ3) is 3.66. The Bertz CT molecular complexity index is 790. The highest BCUT2D eigenvalue weighted by molar-refractivity contribution is 6.35. The summed E-state index contributed by atoms with van der Waals surface area (Å²) in [6.45, 7) is 0.280. The van der Waals surface area contributed by atoms with Gasteiger partial charge in [-0.3, -0.25) is 9.59 Å². The van der Waals surface area contributed by atoms with Crippen molar-refractivity contribution in [2.24, 2.45) is 5.92 Å². The van der Waals surface area contributed by atoms with Crippen molar-refractivity contribution >= 4 is 58.0 Å². The molecule has 0 spiro atoms. The maximum atomic E-state index is 12.4. The monoisotopic (exact) mass is 382 g/mol. The van der Waals surface area contributed by atoms with E-state index in [1.165, 1.54) is 4.90 Å². The molecule has 0 radical (unpaired) electrons. The molecule has 1 aliphatic heterocycles. The maximum Gasteiger partial charge on any atom is 0.229 e. The van der Waals surface area contributed by atoms with Crippen molar-refractivity contribution in [2.75, 3.05) is 16.8 Å². The van der Waals surface area contributed by atoms with Crippen LogP contribution in [0.4, 0.5) is 11.4 Å². The molecule has 1 saturated heterocycles. The second kappa shape index (κ2) is 7.01. The summed E-state index contributed by atoms with van der Waals surface area (Å²) in [4.78, 5) is 26.2. The number of carbonyl (C=O) groups is 2. The van der Waals surface area contributed by atoms with Crippen LogP contribution < -0.4 is 10.2 Å². The van der Waals surface area contributed by atoms with E-state index in [4.69, 9.17) is 34.8 Å². The highest BCUT2D eigenvalue weighted by atomic mass is 35.5. The summed E-state index contributed by atoms with van der Waals surface area (Å²) in [6, 6.07) is 11.9. The fraction of sp³-hybridized carbons (Fsp3) is 0.176. The fourth-order valence-corrected chi connectivity index (χ4v) is 3.42. The summed E-state index contributed by atoms with van der Waals surface area (Å²) in [5.41, 5.74) is 1.12. The first kappa shape index (κ1) is 17.1. The summed E-state index contributed by atoms with van der Waals surface area (Å²) in [5.74, 6) is -0.852. The molecule has 7 heteroatoms. The van der Waals surface area contributed by atoms with Crippen molar-refractivity contribution in [2.45, 2.75) is 6.42 Å². The van der Waals surface area contributed by atoms with Crippen LogP contribution in [0.2, 0.25) is 15.1 Å². The number of amides is 2. The van der Waals surface area contributed by atoms with Gasteiger partial charge in [0.1, 0.15) is 0 Å². The van der Waals surface area contributed by atoms with Crippen molar-refractivity contribution in [1.29, 1.82) is 0 Å². The zero-order valence-corrected chi connectivity index (χ0v) is 14.7. The Morgan fingerprint density at radius 3 is 2.42 bits per heavy atom. The summed E-state index contributed by atoms with van der Waals surface area (Å²) in [7, 11) is 0. The Morgan fingerprint density at radius 1 is 1.08 bits per heavy atom. The molecule has 24 heavy (non-hydrogen) atoms. The van der Waals surface area contributed by atoms with E-state index in [1.807, 2.05) is 0 Å². The summed E-state index contributed by atoms with van der Waals surface area (Å²) >= 11 is 18.0. The van der Waals surface area contributed by atoms with Crippen LogP contribution in [0.15, 0.2) is 42.5 Å². The molecule has 1 atom stereocenters. The van der Waals surface area contributed by atoms with Crippen LogP contribution in [0, 0.1) is 5.92 Å². The molecule has 1 heterocycles. The first-order valence-corrected chi connectivity index (χ1v) is 8.39. The van der Waals surface area contributed by atoms with Crippen molar-refractivity contribution in [3.8, 4) is 0 Å². The minimum atomic E-state index is -0.466. The molecular weight excluding hydrogens is 371 g/mol. The first-order chi connectivity index (χ1) is 11.4. The minimum absolute atomic E-state index is 0.130. The number of nitrogens with one attached hydrogen (secondary N) is 1. The van der Waals surface area contributed by atoms with Gasteiger partial charge in [-0.25, -0.2) is 0 Å². The van der Waals surface area contributed by atoms with Crippen LogP contribution in [0.3, 0.4) is 0 Å². The first-order valence-electron chi connectivity index (χ1n) is 7.26. The number of rotatable bonds is 3. The number of hydrogen-bond donors (Lipinski definition) is 1. The van der Waals surface area contributed by atoms with Crippen LogP contribution in [0.25, 0.3) is 0 Å². The van der Waals surface area contributed by atoms with Gasteiger partial charge in [0.2, 0.25) is 11.8 Å². The Kier molecular flexibility index (Phi) is 4.99. The van der Waals surface area contributed by atoms with Crippen LogP contribution in [-0.4, -0.2) is 18.4 Å². The molecule has 2 aromatic carbocycles. The van der Waals surface area contributed by atoms with E-state index in [-0.39, 0.29) is 24.8 Å². The van der Waals surface area contributed by atoms with E-state index in [2.05, 4.69) is 5.32 Å². The van der Waals surface area contributed by atoms with Crippen molar-refractivity contribution < 1.29 is 9.59 Å². The number of nitrogens with zero attached hydrogens (tertiary/aromatic N) is 1. The van der Waals surface area contributed by atoms with E-state index in [0.717, 1.165) is 0 Å². The third-order valence-corrected chi connectivity index (χ3v) is 4.53. The molecule has 4 nitrogen and oxygen atoms in total. The molecule has 0 saturated carbocycles. The lowest BCUT2D eigenvalue weighted by Crippen LogP contribution is -2.28. The Balaban J connectivity index is 1.73. The molecule has 2 aromatic rings. The van der Waals surface area contributed by atoms with E-state index in [9.17, 15) is 9.59 Å². The van der Waals surface area contributed by atoms with E-state index in [1.54, 1.807) is 42.5 Å². The molecule has 3 rings (SSSR count). The predicted octanol–water partition coefficient (Wildman–Crippen LogP) is 4.64. The Hall–Kier alpha value is -1.75. The minimum Gasteiger partial charge on any atom is -0.326 e. The van der Waals surface area contributed by atoms with Gasteiger partial charge in [-0.05, 0) is 30.3 Å². The zero-order chi connectivity index (χ0) is 17.3. The van der Waals surface area contributed by atoms with Crippen LogP contribution in [0.5, 0.6) is 0 Å². The maximum absolute atomic E-state index is 12.4. The number of benzene rings is 2. The Labute approximate surface area is 154 Å². The number of halogens is 3. The average molecular weight is 384 g/mol. The number of anilines is 2. The molecule has 0 aromatic heterocycles. The molecule has 0 unspecified atom stereocenters. The van der Waals surface area contributed by atoms with E-state index in [0.29, 0.717) is 26.4 Å². The number of hydrogen-bond acceptors (Lipinski definition) is 2. The van der Waals surface area contributed by atoms with Gasteiger partial charge in [0.25, 0.3) is 0 Å². The standard InChI is InChI=1S/C17H13Cl3N2O2/c18-11-6-12(19)8-13(7-11)21-17(24)10-5-16(23)22(9-10)15-4-2-1-3-14(15)20/h1-4,6-8,10H,5,9H2,(H,21,24)/t10-/m1/s1. The Morgan fingerprint density at radius 2 is 1.75 bits per heavy atom. The van der Waals surface area contributed by atoms with Gasteiger partial charge in [-0.1, -0.05) is 46.9 Å². The molecule has 1 aliphatic rings. The molecular formula is C17H13Cl3N2O2. The molecule has 1 fully saturated rings. The average Bonchev–Trinajstić information content (AvgIpc) is 2.88. The van der Waals surface area contributed by atoms with Crippen LogP contribution in [0.1, 0.15) is 6.42 Å². The highest BCUT2D eigenvalue weighted by Crippen LogP contribution is 2.31. The molecule has 0 aliphatic carbocycles. The normalized spacial score (nSPS) is 17.2. The van der Waals surface area contributed by atoms with Crippen LogP contribution in [-0.2, 0) is 9.59 Å². The smallest absolute Gasteiger partial charge is 0.229 e. The molecule has 124 valence electrons. The summed E-state index contributed by atoms with van der Waals surface area (Å²) < 4.78 is 0. The van der Waals surface area contributed by atoms with Gasteiger partial charge in [0.15, 0.2) is 0 Å². The molecule has 0 bridgehead atoms. The summed E-state index contributed by atoms with van der Waals surface area (Å²) in [5, 5.41) is 4.09. The zero-order valence-electron chi connectivity index (χ0n) is 12.4. The second-order valence-electron chi connectivity index (χ2n) is 5.50. The van der Waals surface area contributed by atoms with Gasteiger partial charge in [0.05, 0.1) is 16.6 Å². The lowest BCUT2D eigenvalue weighted by atomic mass is 10.1. The largest absolute Gasteiger partial charge is 0.326 e. The quantitative estimate of drug-likeness (QED) is 0.839. The lowest BCUT2D eigenvalue weighted by Gasteiger charge is -2.18. The van der Waals surface area contributed by atoms with Gasteiger partial charge < -0.3 is 10.2 Å². The predicted molar refractivity (Wildman–Crippen MR) is 97.0 cm³/mol. The van der Waals surface area contributed by atoms with Crippen molar-refractivity contribution in [3.63, 3.8) is 0 Å². The molecule has 2 amide bonds. The fourth-order valence-electron chi connectivity index (χ4n) is 2.66. The van der Waals surface area contributed by atoms with Gasteiger partial charge in [0, 0.05) is 28.7 Å².